The fourth-order valence-corrected chi connectivity index (χ4v) is 5.19. The Kier molecular flexibility index (Phi) is 7.78. The van der Waals surface area contributed by atoms with Gasteiger partial charge in [0.25, 0.3) is 5.56 Å². The van der Waals surface area contributed by atoms with Gasteiger partial charge in [-0.2, -0.15) is 0 Å². The van der Waals surface area contributed by atoms with Crippen molar-refractivity contribution in [2.75, 3.05) is 13.9 Å². The molecule has 1 atom stereocenters. The van der Waals surface area contributed by atoms with Crippen LogP contribution in [0.1, 0.15) is 34.8 Å². The highest BCUT2D eigenvalue weighted by molar-refractivity contribution is 8.00. The molecule has 2 aromatic heterocycles. The number of pyridine rings is 1. The largest absolute Gasteiger partial charge is 0.465 e. The first-order valence-electron chi connectivity index (χ1n) is 12.3. The molecule has 0 saturated heterocycles. The van der Waals surface area contributed by atoms with Gasteiger partial charge in [0.1, 0.15) is 0 Å². The van der Waals surface area contributed by atoms with Gasteiger partial charge in [-0.1, -0.05) is 30.8 Å². The second-order valence-corrected chi connectivity index (χ2v) is 9.96. The number of carbonyl (C=O) groups is 2. The van der Waals surface area contributed by atoms with Gasteiger partial charge in [-0.05, 0) is 53.9 Å². The van der Waals surface area contributed by atoms with Crippen LogP contribution in [0, 0.1) is 0 Å². The van der Waals surface area contributed by atoms with Crippen molar-refractivity contribution in [2.24, 2.45) is 0 Å². The molecule has 3 heterocycles. The van der Waals surface area contributed by atoms with E-state index < -0.39 is 11.2 Å². The molecule has 1 amide bonds. The number of nitrogens with one attached hydrogen (secondary N) is 1. The molecule has 0 spiro atoms. The summed E-state index contributed by atoms with van der Waals surface area (Å²) >= 11 is 1.20. The molecule has 0 bridgehead atoms. The zero-order valence-electron chi connectivity index (χ0n) is 21.4. The van der Waals surface area contributed by atoms with Crippen molar-refractivity contribution < 1.29 is 23.8 Å². The van der Waals surface area contributed by atoms with Crippen LogP contribution in [-0.2, 0) is 22.6 Å². The third kappa shape index (κ3) is 5.73. The lowest BCUT2D eigenvalue weighted by atomic mass is 10.1. The third-order valence-electron chi connectivity index (χ3n) is 6.22. The lowest BCUT2D eigenvalue weighted by Crippen LogP contribution is -2.33. The molecule has 0 saturated carbocycles. The van der Waals surface area contributed by atoms with Crippen LogP contribution in [0.2, 0.25) is 0 Å². The fourth-order valence-electron chi connectivity index (χ4n) is 4.15. The highest BCUT2D eigenvalue weighted by atomic mass is 32.2. The number of ether oxygens (including phenoxy) is 3. The maximum absolute atomic E-state index is 13.7. The third-order valence-corrected chi connectivity index (χ3v) is 7.57. The number of fused-ring (bicyclic) bond motifs is 2. The lowest BCUT2D eigenvalue weighted by Gasteiger charge is -2.18. The molecule has 0 radical (unpaired) electrons. The summed E-state index contributed by atoms with van der Waals surface area (Å²) in [6, 6.07) is 13.8. The van der Waals surface area contributed by atoms with Gasteiger partial charge in [-0.25, -0.2) is 9.78 Å². The molecule has 0 aliphatic carbocycles. The van der Waals surface area contributed by atoms with Crippen LogP contribution in [0.3, 0.4) is 0 Å². The molecule has 11 heteroatoms. The normalized spacial score (nSPS) is 12.8. The number of esters is 1. The van der Waals surface area contributed by atoms with E-state index in [0.717, 1.165) is 11.1 Å². The minimum atomic E-state index is -0.529. The maximum Gasteiger partial charge on any atom is 0.337 e. The Labute approximate surface area is 228 Å². The molecule has 39 heavy (non-hydrogen) atoms. The summed E-state index contributed by atoms with van der Waals surface area (Å²) in [5.41, 5.74) is 2.02. The van der Waals surface area contributed by atoms with Crippen LogP contribution in [0.15, 0.2) is 70.9 Å². The smallest absolute Gasteiger partial charge is 0.337 e. The number of amides is 1. The number of hydrogen-bond acceptors (Lipinski definition) is 9. The summed E-state index contributed by atoms with van der Waals surface area (Å²) in [5.74, 6) is 0.536. The summed E-state index contributed by atoms with van der Waals surface area (Å²) < 4.78 is 17.3. The quantitative estimate of drug-likeness (QED) is 0.191. The SMILES string of the molecule is CC[C@H](Sc1nc2cc(C(=O)OC)ccc2c(=O)n1Cc1ccc2c(c1)OCO2)C(=O)NCc1cccnc1. The topological polar surface area (TPSA) is 122 Å². The molecular formula is C28H26N4O6S. The summed E-state index contributed by atoms with van der Waals surface area (Å²) in [5, 5.41) is 3.13. The zero-order chi connectivity index (χ0) is 27.4. The molecule has 4 aromatic rings. The molecule has 2 aromatic carbocycles. The average molecular weight is 547 g/mol. The predicted molar refractivity (Wildman–Crippen MR) is 145 cm³/mol. The minimum absolute atomic E-state index is 0.145. The Morgan fingerprint density at radius 2 is 1.97 bits per heavy atom. The number of aromatic nitrogens is 3. The summed E-state index contributed by atoms with van der Waals surface area (Å²) in [6.07, 6.45) is 3.87. The van der Waals surface area contributed by atoms with E-state index in [4.69, 9.17) is 19.2 Å². The summed E-state index contributed by atoms with van der Waals surface area (Å²) in [4.78, 5) is 47.8. The zero-order valence-corrected chi connectivity index (χ0v) is 22.2. The van der Waals surface area contributed by atoms with Crippen LogP contribution in [0.5, 0.6) is 11.5 Å². The van der Waals surface area contributed by atoms with Gasteiger partial charge >= 0.3 is 5.97 Å². The molecule has 10 nitrogen and oxygen atoms in total. The Morgan fingerprint density at radius 3 is 2.74 bits per heavy atom. The van der Waals surface area contributed by atoms with Crippen molar-refractivity contribution in [3.8, 4) is 11.5 Å². The van der Waals surface area contributed by atoms with Gasteiger partial charge in [0.15, 0.2) is 16.7 Å². The monoisotopic (exact) mass is 546 g/mol. The van der Waals surface area contributed by atoms with Gasteiger partial charge in [-0.3, -0.25) is 19.1 Å². The highest BCUT2D eigenvalue weighted by Crippen LogP contribution is 2.33. The van der Waals surface area contributed by atoms with Crippen molar-refractivity contribution in [3.05, 3.63) is 88.0 Å². The Morgan fingerprint density at radius 1 is 1.13 bits per heavy atom. The van der Waals surface area contributed by atoms with Gasteiger partial charge in [0.05, 0.1) is 35.4 Å². The molecule has 1 aliphatic rings. The Hall–Kier alpha value is -4.38. The summed E-state index contributed by atoms with van der Waals surface area (Å²) in [6.45, 7) is 2.58. The number of rotatable bonds is 9. The molecule has 200 valence electrons. The predicted octanol–water partition coefficient (Wildman–Crippen LogP) is 3.54. The van der Waals surface area contributed by atoms with Gasteiger partial charge in [0.2, 0.25) is 12.7 Å². The maximum atomic E-state index is 13.7. The molecule has 0 unspecified atom stereocenters. The van der Waals surface area contributed by atoms with Gasteiger partial charge < -0.3 is 19.5 Å². The molecule has 5 rings (SSSR count). The van der Waals surface area contributed by atoms with E-state index in [9.17, 15) is 14.4 Å². The molecule has 1 aliphatic heterocycles. The lowest BCUT2D eigenvalue weighted by molar-refractivity contribution is -0.120. The highest BCUT2D eigenvalue weighted by Gasteiger charge is 2.23. The van der Waals surface area contributed by atoms with E-state index in [1.54, 1.807) is 29.1 Å². The van der Waals surface area contributed by atoms with Crippen molar-refractivity contribution in [2.45, 2.75) is 36.8 Å². The number of methoxy groups -OCH3 is 1. The van der Waals surface area contributed by atoms with Crippen molar-refractivity contribution >= 4 is 34.5 Å². The van der Waals surface area contributed by atoms with Crippen molar-refractivity contribution in [1.29, 1.82) is 0 Å². The van der Waals surface area contributed by atoms with Crippen LogP contribution in [0.25, 0.3) is 10.9 Å². The minimum Gasteiger partial charge on any atom is -0.465 e. The summed E-state index contributed by atoms with van der Waals surface area (Å²) in [7, 11) is 1.29. The second kappa shape index (κ2) is 11.6. The number of hydrogen-bond donors (Lipinski definition) is 1. The van der Waals surface area contributed by atoms with E-state index in [0.29, 0.717) is 40.5 Å². The van der Waals surface area contributed by atoms with Crippen LogP contribution < -0.4 is 20.3 Å². The van der Waals surface area contributed by atoms with Crippen LogP contribution in [-0.4, -0.2) is 45.6 Å². The standard InChI is InChI=1S/C28H26N4O6S/c1-3-24(25(33)30-14-18-5-4-10-29-13-18)39-28-31-21-12-19(27(35)36-2)7-8-20(21)26(34)32(28)15-17-6-9-22-23(11-17)38-16-37-22/h4-13,24H,3,14-16H2,1-2H3,(H,30,33)/t24-/m0/s1. The Balaban J connectivity index is 1.50. The number of nitrogens with zero attached hydrogens (tertiary/aromatic N) is 3. The first kappa shape index (κ1) is 26.2. The van der Waals surface area contributed by atoms with Crippen molar-refractivity contribution in [1.82, 2.24) is 19.9 Å². The molecular weight excluding hydrogens is 520 g/mol. The van der Waals surface area contributed by atoms with E-state index in [1.165, 1.54) is 31.0 Å². The first-order valence-corrected chi connectivity index (χ1v) is 13.2. The van der Waals surface area contributed by atoms with E-state index >= 15 is 0 Å². The number of thioether (sulfide) groups is 1. The first-order chi connectivity index (χ1) is 19.0. The number of carbonyl (C=O) groups excluding carboxylic acids is 2. The van der Waals surface area contributed by atoms with E-state index in [-0.39, 0.29) is 30.4 Å². The van der Waals surface area contributed by atoms with E-state index in [2.05, 4.69) is 10.3 Å². The average Bonchev–Trinajstić information content (AvgIpc) is 3.44. The van der Waals surface area contributed by atoms with Gasteiger partial charge in [-0.15, -0.1) is 0 Å². The molecule has 1 N–H and O–H groups in total. The Bertz CT molecular complexity index is 1590. The van der Waals surface area contributed by atoms with Crippen LogP contribution >= 0.6 is 11.8 Å². The fraction of sp³-hybridized carbons (Fsp3) is 0.250. The van der Waals surface area contributed by atoms with Gasteiger partial charge in [0, 0.05) is 18.9 Å². The molecule has 0 fully saturated rings. The van der Waals surface area contributed by atoms with Crippen molar-refractivity contribution in [3.63, 3.8) is 0 Å². The van der Waals surface area contributed by atoms with Crippen LogP contribution in [0.4, 0.5) is 0 Å². The number of benzene rings is 2. The van der Waals surface area contributed by atoms with E-state index in [1.807, 2.05) is 31.2 Å². The second-order valence-electron chi connectivity index (χ2n) is 8.79.